The van der Waals surface area contributed by atoms with Gasteiger partial charge >= 0.3 is 5.97 Å². The van der Waals surface area contributed by atoms with Gasteiger partial charge in [-0.15, -0.1) is 11.3 Å². The molecule has 0 aliphatic carbocycles. The fraction of sp³-hybridized carbons (Fsp3) is 0.294. The number of benzene rings is 1. The first-order chi connectivity index (χ1) is 11.7. The lowest BCUT2D eigenvalue weighted by atomic mass is 10.1. The zero-order chi connectivity index (χ0) is 18.6. The van der Waals surface area contributed by atoms with Gasteiger partial charge in [0, 0.05) is 16.7 Å². The Bertz CT molecular complexity index is 882. The molecule has 0 spiro atoms. The number of aryl methyl sites for hydroxylation is 1. The molecule has 0 unspecified atom stereocenters. The van der Waals surface area contributed by atoms with E-state index in [4.69, 9.17) is 4.74 Å². The zero-order valence-electron chi connectivity index (χ0n) is 14.2. The van der Waals surface area contributed by atoms with Crippen LogP contribution in [-0.2, 0) is 20.3 Å². The van der Waals surface area contributed by atoms with Crippen molar-refractivity contribution in [3.05, 3.63) is 51.9 Å². The monoisotopic (exact) mass is 381 g/mol. The van der Waals surface area contributed by atoms with E-state index in [1.165, 1.54) is 11.3 Å². The third-order valence-electron chi connectivity index (χ3n) is 3.22. The lowest BCUT2D eigenvalue weighted by molar-refractivity contribution is 0.0528. The second-order valence-corrected chi connectivity index (χ2v) is 8.94. The van der Waals surface area contributed by atoms with E-state index >= 15 is 0 Å². The molecule has 0 bridgehead atoms. The van der Waals surface area contributed by atoms with Gasteiger partial charge in [0.1, 0.15) is 5.00 Å². The van der Waals surface area contributed by atoms with Crippen LogP contribution < -0.4 is 5.32 Å². The summed E-state index contributed by atoms with van der Waals surface area (Å²) in [4.78, 5) is 25.2. The van der Waals surface area contributed by atoms with Crippen LogP contribution in [0.4, 0.5) is 5.00 Å². The van der Waals surface area contributed by atoms with Crippen molar-refractivity contribution in [3.8, 4) is 0 Å². The summed E-state index contributed by atoms with van der Waals surface area (Å²) in [6.07, 6.45) is 1.16. The van der Waals surface area contributed by atoms with Gasteiger partial charge in [-0.05, 0) is 37.6 Å². The number of anilines is 1. The Morgan fingerprint density at radius 3 is 2.40 bits per heavy atom. The smallest absolute Gasteiger partial charge is 0.341 e. The molecule has 1 amide bonds. The summed E-state index contributed by atoms with van der Waals surface area (Å²) in [6.45, 7) is 3.80. The summed E-state index contributed by atoms with van der Waals surface area (Å²) in [5.74, 6) is -0.935. The molecule has 0 aliphatic heterocycles. The zero-order valence-corrected chi connectivity index (χ0v) is 15.8. The molecule has 134 valence electrons. The van der Waals surface area contributed by atoms with Crippen LogP contribution in [0.3, 0.4) is 0 Å². The number of hydrogen-bond acceptors (Lipinski definition) is 6. The molecule has 1 aromatic carbocycles. The van der Waals surface area contributed by atoms with E-state index in [0.717, 1.165) is 11.1 Å². The summed E-state index contributed by atoms with van der Waals surface area (Å²) in [7, 11) is -3.13. The number of hydrogen-bond donors (Lipinski definition) is 1. The Balaban J connectivity index is 2.16. The number of ether oxygens (including phenoxy) is 1. The average molecular weight is 381 g/mol. The van der Waals surface area contributed by atoms with Crippen molar-refractivity contribution in [3.63, 3.8) is 0 Å². The van der Waals surface area contributed by atoms with Crippen LogP contribution in [-0.4, -0.2) is 33.2 Å². The fourth-order valence-electron chi connectivity index (χ4n) is 2.20. The van der Waals surface area contributed by atoms with E-state index in [2.05, 4.69) is 5.32 Å². The fourth-order valence-corrected chi connectivity index (χ4v) is 3.89. The maximum Gasteiger partial charge on any atom is 0.341 e. The molecule has 1 N–H and O–H groups in total. The maximum atomic E-state index is 12.4. The molecule has 0 atom stereocenters. The van der Waals surface area contributed by atoms with Crippen molar-refractivity contribution in [2.24, 2.45) is 0 Å². The van der Waals surface area contributed by atoms with Crippen LogP contribution in [0.5, 0.6) is 0 Å². The van der Waals surface area contributed by atoms with Gasteiger partial charge in [-0.2, -0.15) is 0 Å². The number of nitrogens with one attached hydrogen (secondary N) is 1. The minimum absolute atomic E-state index is 0.0774. The molecule has 1 aromatic heterocycles. The SMILES string of the molecule is CCOC(=O)c1cc(C)sc1NC(=O)c1ccc(CS(C)(=O)=O)cc1. The first-order valence-electron chi connectivity index (χ1n) is 7.55. The lowest BCUT2D eigenvalue weighted by Gasteiger charge is -2.07. The molecular formula is C17H19NO5S2. The van der Waals surface area contributed by atoms with E-state index in [-0.39, 0.29) is 18.3 Å². The molecule has 2 rings (SSSR count). The van der Waals surface area contributed by atoms with Gasteiger partial charge in [0.15, 0.2) is 9.84 Å². The number of rotatable bonds is 6. The van der Waals surface area contributed by atoms with Crippen LogP contribution >= 0.6 is 11.3 Å². The summed E-state index contributed by atoms with van der Waals surface area (Å²) in [5, 5.41) is 3.15. The van der Waals surface area contributed by atoms with E-state index in [1.54, 1.807) is 37.3 Å². The molecular weight excluding hydrogens is 362 g/mol. The van der Waals surface area contributed by atoms with Crippen LogP contribution in [0.25, 0.3) is 0 Å². The Labute approximate surface area is 150 Å². The van der Waals surface area contributed by atoms with Crippen molar-refractivity contribution in [2.45, 2.75) is 19.6 Å². The van der Waals surface area contributed by atoms with Gasteiger partial charge in [0.05, 0.1) is 17.9 Å². The molecule has 0 saturated carbocycles. The van der Waals surface area contributed by atoms with Crippen LogP contribution in [0.15, 0.2) is 30.3 Å². The first-order valence-corrected chi connectivity index (χ1v) is 10.4. The largest absolute Gasteiger partial charge is 0.462 e. The van der Waals surface area contributed by atoms with Crippen molar-refractivity contribution in [1.29, 1.82) is 0 Å². The number of thiophene rings is 1. The van der Waals surface area contributed by atoms with Gasteiger partial charge in [0.2, 0.25) is 0 Å². The van der Waals surface area contributed by atoms with E-state index < -0.39 is 15.8 Å². The Morgan fingerprint density at radius 2 is 1.84 bits per heavy atom. The highest BCUT2D eigenvalue weighted by atomic mass is 32.2. The normalized spacial score (nSPS) is 11.2. The van der Waals surface area contributed by atoms with Gasteiger partial charge in [0.25, 0.3) is 5.91 Å². The second kappa shape index (κ2) is 7.79. The van der Waals surface area contributed by atoms with E-state index in [0.29, 0.717) is 21.7 Å². The lowest BCUT2D eigenvalue weighted by Crippen LogP contribution is -2.14. The first kappa shape index (κ1) is 19.1. The molecule has 2 aromatic rings. The Morgan fingerprint density at radius 1 is 1.20 bits per heavy atom. The van der Waals surface area contributed by atoms with Crippen molar-refractivity contribution < 1.29 is 22.7 Å². The maximum absolute atomic E-state index is 12.4. The molecule has 8 heteroatoms. The number of carbonyl (C=O) groups excluding carboxylic acids is 2. The van der Waals surface area contributed by atoms with Crippen molar-refractivity contribution in [1.82, 2.24) is 0 Å². The highest BCUT2D eigenvalue weighted by molar-refractivity contribution is 7.89. The van der Waals surface area contributed by atoms with E-state index in [1.807, 2.05) is 6.92 Å². The van der Waals surface area contributed by atoms with Gasteiger partial charge in [-0.1, -0.05) is 12.1 Å². The van der Waals surface area contributed by atoms with Crippen molar-refractivity contribution in [2.75, 3.05) is 18.2 Å². The minimum Gasteiger partial charge on any atom is -0.462 e. The van der Waals surface area contributed by atoms with Crippen molar-refractivity contribution >= 4 is 38.1 Å². The standard InChI is InChI=1S/C17H19NO5S2/c1-4-23-17(20)14-9-11(2)24-16(14)18-15(19)13-7-5-12(6-8-13)10-25(3,21)22/h5-9H,4,10H2,1-3H3,(H,18,19). The summed E-state index contributed by atoms with van der Waals surface area (Å²) < 4.78 is 27.6. The van der Waals surface area contributed by atoms with Crippen LogP contribution in [0, 0.1) is 6.92 Å². The molecule has 0 radical (unpaired) electrons. The highest BCUT2D eigenvalue weighted by Gasteiger charge is 2.18. The quantitative estimate of drug-likeness (QED) is 0.777. The molecule has 0 saturated heterocycles. The molecule has 6 nitrogen and oxygen atoms in total. The number of carbonyl (C=O) groups is 2. The molecule has 1 heterocycles. The molecule has 0 aliphatic rings. The Hall–Kier alpha value is -2.19. The topological polar surface area (TPSA) is 89.5 Å². The molecule has 0 fully saturated rings. The van der Waals surface area contributed by atoms with Gasteiger partial charge in [-0.3, -0.25) is 4.79 Å². The predicted molar refractivity (Wildman–Crippen MR) is 98.0 cm³/mol. The predicted octanol–water partition coefficient (Wildman–Crippen LogP) is 3.03. The Kier molecular flexibility index (Phi) is 5.97. The minimum atomic E-state index is -3.13. The third kappa shape index (κ3) is 5.40. The number of amides is 1. The summed E-state index contributed by atoms with van der Waals surface area (Å²) in [5.41, 5.74) is 1.31. The van der Waals surface area contributed by atoms with Gasteiger partial charge in [-0.25, -0.2) is 13.2 Å². The highest BCUT2D eigenvalue weighted by Crippen LogP contribution is 2.28. The van der Waals surface area contributed by atoms with Crippen LogP contribution in [0.1, 0.15) is 38.1 Å². The van der Waals surface area contributed by atoms with E-state index in [9.17, 15) is 18.0 Å². The number of esters is 1. The second-order valence-electron chi connectivity index (χ2n) is 5.54. The van der Waals surface area contributed by atoms with Gasteiger partial charge < -0.3 is 10.1 Å². The molecule has 25 heavy (non-hydrogen) atoms. The third-order valence-corrected chi connectivity index (χ3v) is 5.05. The average Bonchev–Trinajstić information content (AvgIpc) is 2.87. The summed E-state index contributed by atoms with van der Waals surface area (Å²) >= 11 is 1.29. The number of sulfone groups is 1. The van der Waals surface area contributed by atoms with Crippen LogP contribution in [0.2, 0.25) is 0 Å². The summed E-state index contributed by atoms with van der Waals surface area (Å²) in [6, 6.07) is 7.98.